The number of imidazole rings is 1. The Morgan fingerprint density at radius 1 is 1.33 bits per heavy atom. The second-order valence-corrected chi connectivity index (χ2v) is 7.46. The summed E-state index contributed by atoms with van der Waals surface area (Å²) < 4.78 is 16.6. The van der Waals surface area contributed by atoms with E-state index in [4.69, 9.17) is 10.7 Å². The zero-order valence-corrected chi connectivity index (χ0v) is 16.0. The van der Waals surface area contributed by atoms with Gasteiger partial charge in [0.1, 0.15) is 12.0 Å². The SMILES string of the molecule is N#Cc1ccc2nc(N3CC[C@@H](F)[C@H](N)C3)n(Cc3ncc(Br)cn3)c2c1. The van der Waals surface area contributed by atoms with Crippen LogP contribution in [0, 0.1) is 11.3 Å². The van der Waals surface area contributed by atoms with Gasteiger partial charge in [-0.05, 0) is 40.5 Å². The monoisotopic (exact) mass is 429 g/mol. The molecule has 0 bridgehead atoms. The number of aromatic nitrogens is 4. The van der Waals surface area contributed by atoms with Crippen molar-refractivity contribution in [3.8, 4) is 6.07 Å². The maximum atomic E-state index is 13.8. The quantitative estimate of drug-likeness (QED) is 0.686. The Morgan fingerprint density at radius 3 is 2.81 bits per heavy atom. The molecule has 3 aromatic rings. The zero-order valence-electron chi connectivity index (χ0n) is 14.4. The Hall–Kier alpha value is -2.57. The van der Waals surface area contributed by atoms with Gasteiger partial charge in [-0.1, -0.05) is 0 Å². The van der Waals surface area contributed by atoms with Crippen LogP contribution in [0.15, 0.2) is 35.1 Å². The van der Waals surface area contributed by atoms with Gasteiger partial charge in [0.05, 0.1) is 39.7 Å². The summed E-state index contributed by atoms with van der Waals surface area (Å²) in [5, 5.41) is 9.25. The van der Waals surface area contributed by atoms with Gasteiger partial charge in [-0.3, -0.25) is 0 Å². The maximum absolute atomic E-state index is 13.8. The predicted octanol–water partition coefficient (Wildman–Crippen LogP) is 2.38. The first kappa shape index (κ1) is 17.8. The number of rotatable bonds is 3. The first-order valence-corrected chi connectivity index (χ1v) is 9.36. The lowest BCUT2D eigenvalue weighted by atomic mass is 10.1. The van der Waals surface area contributed by atoms with E-state index in [-0.39, 0.29) is 0 Å². The molecule has 4 rings (SSSR count). The number of fused-ring (bicyclic) bond motifs is 1. The summed E-state index contributed by atoms with van der Waals surface area (Å²) in [6, 6.07) is 6.96. The van der Waals surface area contributed by atoms with Crippen LogP contribution in [0.4, 0.5) is 10.3 Å². The largest absolute Gasteiger partial charge is 0.340 e. The molecule has 7 nitrogen and oxygen atoms in total. The Labute approximate surface area is 163 Å². The minimum atomic E-state index is -1.00. The molecule has 0 spiro atoms. The van der Waals surface area contributed by atoms with Crippen molar-refractivity contribution in [3.63, 3.8) is 0 Å². The number of hydrogen-bond acceptors (Lipinski definition) is 6. The number of anilines is 1. The van der Waals surface area contributed by atoms with Crippen molar-refractivity contribution >= 4 is 32.9 Å². The van der Waals surface area contributed by atoms with Crippen LogP contribution in [-0.2, 0) is 6.54 Å². The van der Waals surface area contributed by atoms with Crippen LogP contribution < -0.4 is 10.6 Å². The third kappa shape index (κ3) is 3.50. The molecule has 1 aliphatic heterocycles. The van der Waals surface area contributed by atoms with Crippen molar-refractivity contribution < 1.29 is 4.39 Å². The van der Waals surface area contributed by atoms with Gasteiger partial charge < -0.3 is 15.2 Å². The second kappa shape index (κ2) is 7.21. The fourth-order valence-corrected chi connectivity index (χ4v) is 3.48. The van der Waals surface area contributed by atoms with Crippen LogP contribution in [0.5, 0.6) is 0 Å². The van der Waals surface area contributed by atoms with E-state index in [1.54, 1.807) is 24.5 Å². The zero-order chi connectivity index (χ0) is 19.0. The van der Waals surface area contributed by atoms with Crippen LogP contribution in [0.1, 0.15) is 17.8 Å². The van der Waals surface area contributed by atoms with Crippen molar-refractivity contribution in [1.29, 1.82) is 5.26 Å². The number of nitrogens with zero attached hydrogens (tertiary/aromatic N) is 6. The molecular formula is C18H17BrFN7. The fourth-order valence-electron chi connectivity index (χ4n) is 3.27. The van der Waals surface area contributed by atoms with Crippen LogP contribution in [-0.4, -0.2) is 44.8 Å². The van der Waals surface area contributed by atoms with Crippen molar-refractivity contribution in [3.05, 3.63) is 46.5 Å². The molecule has 2 N–H and O–H groups in total. The number of nitriles is 1. The Kier molecular flexibility index (Phi) is 4.76. The molecule has 1 aromatic carbocycles. The summed E-state index contributed by atoms with van der Waals surface area (Å²) >= 11 is 3.33. The van der Waals surface area contributed by atoms with Crippen molar-refractivity contribution in [1.82, 2.24) is 19.5 Å². The summed E-state index contributed by atoms with van der Waals surface area (Å²) in [6.07, 6.45) is 2.74. The van der Waals surface area contributed by atoms with Crippen LogP contribution in [0.2, 0.25) is 0 Å². The van der Waals surface area contributed by atoms with Gasteiger partial charge in [-0.25, -0.2) is 19.3 Å². The van der Waals surface area contributed by atoms with Gasteiger partial charge in [0.25, 0.3) is 0 Å². The highest BCUT2D eigenvalue weighted by Crippen LogP contribution is 2.27. The van der Waals surface area contributed by atoms with Gasteiger partial charge >= 0.3 is 0 Å². The third-order valence-electron chi connectivity index (χ3n) is 4.68. The highest BCUT2D eigenvalue weighted by molar-refractivity contribution is 9.10. The molecule has 0 saturated carbocycles. The first-order valence-electron chi connectivity index (χ1n) is 8.56. The number of hydrogen-bond donors (Lipinski definition) is 1. The predicted molar refractivity (Wildman–Crippen MR) is 103 cm³/mol. The average Bonchev–Trinajstić information content (AvgIpc) is 3.03. The molecule has 1 saturated heterocycles. The molecular weight excluding hydrogens is 413 g/mol. The van der Waals surface area contributed by atoms with Crippen LogP contribution >= 0.6 is 15.9 Å². The number of alkyl halides is 1. The number of piperidine rings is 1. The van der Waals surface area contributed by atoms with E-state index in [0.29, 0.717) is 43.4 Å². The molecule has 2 aromatic heterocycles. The summed E-state index contributed by atoms with van der Waals surface area (Å²) in [5.74, 6) is 1.31. The summed E-state index contributed by atoms with van der Waals surface area (Å²) in [4.78, 5) is 15.4. The number of nitrogens with two attached hydrogens (primary N) is 1. The average molecular weight is 430 g/mol. The standard InChI is InChI=1S/C18H17BrFN7/c19-12-7-23-17(24-8-12)10-27-16-5-11(6-21)1-2-15(16)25-18(27)26-4-3-13(20)14(22)9-26/h1-2,5,7-8,13-14H,3-4,9-10,22H2/t13-,14-/m1/s1. The lowest BCUT2D eigenvalue weighted by Crippen LogP contribution is -2.50. The molecule has 27 heavy (non-hydrogen) atoms. The normalized spacial score (nSPS) is 20.0. The van der Waals surface area contributed by atoms with E-state index in [9.17, 15) is 9.65 Å². The van der Waals surface area contributed by atoms with Crippen LogP contribution in [0.25, 0.3) is 11.0 Å². The molecule has 0 radical (unpaired) electrons. The molecule has 0 amide bonds. The molecule has 138 valence electrons. The lowest BCUT2D eigenvalue weighted by Gasteiger charge is -2.34. The Morgan fingerprint density at radius 2 is 2.11 bits per heavy atom. The van der Waals surface area contributed by atoms with E-state index in [0.717, 1.165) is 15.5 Å². The summed E-state index contributed by atoms with van der Waals surface area (Å²) in [6.45, 7) is 1.31. The minimum Gasteiger partial charge on any atom is -0.340 e. The van der Waals surface area contributed by atoms with Gasteiger partial charge in [-0.2, -0.15) is 5.26 Å². The van der Waals surface area contributed by atoms with Crippen molar-refractivity contribution in [2.75, 3.05) is 18.0 Å². The van der Waals surface area contributed by atoms with Gasteiger partial charge in [-0.15, -0.1) is 0 Å². The first-order chi connectivity index (χ1) is 13.0. The molecule has 1 fully saturated rings. The number of halogens is 2. The Balaban J connectivity index is 1.79. The highest BCUT2D eigenvalue weighted by atomic mass is 79.9. The van der Waals surface area contributed by atoms with Gasteiger partial charge in [0.2, 0.25) is 5.95 Å². The van der Waals surface area contributed by atoms with E-state index >= 15 is 0 Å². The molecule has 1 aliphatic rings. The summed E-state index contributed by atoms with van der Waals surface area (Å²) in [7, 11) is 0. The van der Waals surface area contributed by atoms with Gasteiger partial charge in [0.15, 0.2) is 0 Å². The maximum Gasteiger partial charge on any atom is 0.207 e. The Bertz CT molecular complexity index is 1010. The topological polar surface area (TPSA) is 96.7 Å². The lowest BCUT2D eigenvalue weighted by molar-refractivity contribution is 0.243. The van der Waals surface area contributed by atoms with E-state index < -0.39 is 12.2 Å². The third-order valence-corrected chi connectivity index (χ3v) is 5.09. The highest BCUT2D eigenvalue weighted by Gasteiger charge is 2.29. The molecule has 3 heterocycles. The minimum absolute atomic E-state index is 0.364. The van der Waals surface area contributed by atoms with E-state index in [1.165, 1.54) is 0 Å². The molecule has 2 atom stereocenters. The van der Waals surface area contributed by atoms with Gasteiger partial charge in [0, 0.05) is 25.5 Å². The second-order valence-electron chi connectivity index (χ2n) is 6.55. The molecule has 9 heteroatoms. The molecule has 0 unspecified atom stereocenters. The van der Waals surface area contributed by atoms with Crippen molar-refractivity contribution in [2.45, 2.75) is 25.2 Å². The van der Waals surface area contributed by atoms with E-state index in [2.05, 4.69) is 32.0 Å². The van der Waals surface area contributed by atoms with E-state index in [1.807, 2.05) is 15.5 Å². The van der Waals surface area contributed by atoms with Crippen LogP contribution in [0.3, 0.4) is 0 Å². The summed E-state index contributed by atoms with van der Waals surface area (Å²) in [5.41, 5.74) is 8.06. The molecule has 0 aliphatic carbocycles. The fraction of sp³-hybridized carbons (Fsp3) is 0.333. The van der Waals surface area contributed by atoms with Crippen molar-refractivity contribution in [2.24, 2.45) is 5.73 Å². The smallest absolute Gasteiger partial charge is 0.207 e. The number of benzene rings is 1.